The van der Waals surface area contributed by atoms with Gasteiger partial charge in [-0.15, -0.1) is 0 Å². The van der Waals surface area contributed by atoms with Gasteiger partial charge in [-0.05, 0) is 70.9 Å². The van der Waals surface area contributed by atoms with Crippen LogP contribution in [0.3, 0.4) is 0 Å². The highest BCUT2D eigenvalue weighted by Crippen LogP contribution is 2.21. The molecular weight excluding hydrogens is 729 g/mol. The van der Waals surface area contributed by atoms with Crippen LogP contribution in [-0.4, -0.2) is 82.1 Å². The first-order valence-corrected chi connectivity index (χ1v) is 20.6. The van der Waals surface area contributed by atoms with E-state index >= 15 is 0 Å². The Morgan fingerprint density at radius 1 is 0.517 bits per heavy atom. The summed E-state index contributed by atoms with van der Waals surface area (Å²) in [4.78, 5) is 59.2. The molecule has 0 fully saturated rings. The molecular formula is C47H58N6O5. The molecule has 2 aliphatic rings. The Bertz CT molecular complexity index is 1860. The van der Waals surface area contributed by atoms with Crippen molar-refractivity contribution in [2.75, 3.05) is 13.1 Å². The maximum Gasteiger partial charge on any atom is 0.318 e. The highest BCUT2D eigenvalue weighted by atomic mass is 16.3. The van der Waals surface area contributed by atoms with Crippen LogP contribution >= 0.6 is 0 Å². The van der Waals surface area contributed by atoms with Crippen molar-refractivity contribution in [2.45, 2.75) is 96.7 Å². The molecule has 306 valence electrons. The van der Waals surface area contributed by atoms with Gasteiger partial charge < -0.3 is 36.2 Å². The van der Waals surface area contributed by atoms with E-state index in [1.165, 1.54) is 11.1 Å². The largest absolute Gasteiger partial charge is 0.389 e. The van der Waals surface area contributed by atoms with E-state index in [0.717, 1.165) is 35.1 Å². The molecule has 4 aromatic rings. The van der Waals surface area contributed by atoms with Gasteiger partial charge in [0.25, 0.3) is 0 Å². The molecule has 0 spiro atoms. The summed E-state index contributed by atoms with van der Waals surface area (Å²) < 4.78 is 0. The average molecular weight is 787 g/mol. The number of rotatable bonds is 14. The summed E-state index contributed by atoms with van der Waals surface area (Å²) in [5.41, 5.74) is 6.37. The van der Waals surface area contributed by atoms with Crippen LogP contribution in [0.2, 0.25) is 0 Å². The molecule has 6 amide bonds. The molecule has 0 aromatic heterocycles. The Labute approximate surface area is 342 Å². The van der Waals surface area contributed by atoms with Crippen LogP contribution in [0.1, 0.15) is 61.1 Å². The highest BCUT2D eigenvalue weighted by molar-refractivity contribution is 5.88. The topological polar surface area (TPSA) is 143 Å². The molecule has 6 rings (SSSR count). The van der Waals surface area contributed by atoms with E-state index in [9.17, 15) is 24.3 Å². The maximum atomic E-state index is 14.3. The second-order valence-corrected chi connectivity index (χ2v) is 16.3. The number of nitrogens with zero attached hydrogens (tertiary/aromatic N) is 2. The van der Waals surface area contributed by atoms with Gasteiger partial charge in [-0.3, -0.25) is 9.59 Å². The van der Waals surface area contributed by atoms with Crippen molar-refractivity contribution in [1.82, 2.24) is 31.1 Å². The van der Waals surface area contributed by atoms with Crippen LogP contribution in [0.25, 0.3) is 0 Å². The van der Waals surface area contributed by atoms with Crippen molar-refractivity contribution < 1.29 is 24.3 Å². The lowest BCUT2D eigenvalue weighted by Gasteiger charge is -2.35. The van der Waals surface area contributed by atoms with Gasteiger partial charge in [0.1, 0.15) is 12.1 Å². The molecule has 4 aromatic carbocycles. The van der Waals surface area contributed by atoms with Gasteiger partial charge in [-0.25, -0.2) is 9.59 Å². The lowest BCUT2D eigenvalue weighted by atomic mass is 9.91. The number of amides is 6. The molecule has 0 unspecified atom stereocenters. The first kappa shape index (κ1) is 41.9. The van der Waals surface area contributed by atoms with E-state index in [2.05, 4.69) is 33.4 Å². The van der Waals surface area contributed by atoms with Crippen molar-refractivity contribution >= 4 is 23.9 Å². The van der Waals surface area contributed by atoms with Crippen LogP contribution < -0.4 is 21.3 Å². The Morgan fingerprint density at radius 3 is 1.22 bits per heavy atom. The van der Waals surface area contributed by atoms with Gasteiger partial charge >= 0.3 is 12.1 Å². The number of fused-ring (bicyclic) bond motifs is 2. The average Bonchev–Trinajstić information content (AvgIpc) is 3.23. The molecule has 0 saturated carbocycles. The van der Waals surface area contributed by atoms with Crippen LogP contribution in [0.5, 0.6) is 0 Å². The third kappa shape index (κ3) is 10.8. The first-order valence-electron chi connectivity index (χ1n) is 20.6. The van der Waals surface area contributed by atoms with Gasteiger partial charge in [0.2, 0.25) is 11.8 Å². The molecule has 11 nitrogen and oxygen atoms in total. The lowest BCUT2D eigenvalue weighted by molar-refractivity contribution is -0.126. The molecule has 5 N–H and O–H groups in total. The number of nitrogens with one attached hydrogen (secondary N) is 4. The van der Waals surface area contributed by atoms with Crippen molar-refractivity contribution in [2.24, 2.45) is 11.8 Å². The fraction of sp³-hybridized carbons (Fsp3) is 0.404. The molecule has 0 saturated heterocycles. The van der Waals surface area contributed by atoms with Gasteiger partial charge in [0, 0.05) is 26.2 Å². The minimum absolute atomic E-state index is 0.261. The normalized spacial score (nSPS) is 15.8. The lowest BCUT2D eigenvalue weighted by Crippen LogP contribution is -2.62. The molecule has 0 radical (unpaired) electrons. The molecule has 58 heavy (non-hydrogen) atoms. The number of benzene rings is 4. The second kappa shape index (κ2) is 19.7. The smallest absolute Gasteiger partial charge is 0.318 e. The van der Waals surface area contributed by atoms with Gasteiger partial charge in [-0.1, -0.05) is 137 Å². The second-order valence-electron chi connectivity index (χ2n) is 16.3. The molecule has 4 atom stereocenters. The third-order valence-corrected chi connectivity index (χ3v) is 11.4. The summed E-state index contributed by atoms with van der Waals surface area (Å²) in [6.07, 6.45) is 0.721. The summed E-state index contributed by atoms with van der Waals surface area (Å²) in [6, 6.07) is 31.1. The zero-order chi connectivity index (χ0) is 41.2. The summed E-state index contributed by atoms with van der Waals surface area (Å²) in [7, 11) is 0. The molecule has 2 heterocycles. The zero-order valence-corrected chi connectivity index (χ0v) is 34.1. The van der Waals surface area contributed by atoms with Crippen LogP contribution in [0.4, 0.5) is 9.59 Å². The summed E-state index contributed by atoms with van der Waals surface area (Å²) in [6.45, 7) is 9.48. The number of aliphatic hydroxyl groups is 1. The van der Waals surface area contributed by atoms with E-state index in [0.29, 0.717) is 26.2 Å². The Balaban J connectivity index is 1.21. The molecule has 11 heteroatoms. The molecule has 0 aliphatic carbocycles. The van der Waals surface area contributed by atoms with E-state index < -0.39 is 42.1 Å². The highest BCUT2D eigenvalue weighted by Gasteiger charge is 2.36. The van der Waals surface area contributed by atoms with Crippen molar-refractivity contribution in [3.63, 3.8) is 0 Å². The Kier molecular flexibility index (Phi) is 14.2. The fourth-order valence-electron chi connectivity index (χ4n) is 7.93. The SMILES string of the molecule is CC(C)[C@H](NC(=O)N1CCc2ccccc2C1)C(=O)N[C@@H](Cc1ccccc1)C(O)[C@H](Cc1ccccc1)NC(=O)[C@@H](NC(=O)N1CCc2ccccc2C1)C(C)C. The third-order valence-electron chi connectivity index (χ3n) is 11.4. The summed E-state index contributed by atoms with van der Waals surface area (Å²) >= 11 is 0. The number of carbonyl (C=O) groups excluding carboxylic acids is 4. The standard InChI is InChI=1S/C47H58N6O5/c1-31(2)41(50-46(57)52-25-23-35-19-11-13-21-37(35)29-52)44(55)48-39(27-33-15-7-5-8-16-33)43(54)40(28-34-17-9-6-10-18-34)49-45(56)42(32(3)4)51-47(58)53-26-24-36-20-12-14-22-38(36)30-53/h5-22,31-32,39-43,54H,23-30H2,1-4H3,(H,48,55)(H,49,56)(H,50,57)(H,51,58)/t39-,40-,41-,42-/m0/s1. The van der Waals surface area contributed by atoms with Crippen molar-refractivity contribution in [3.05, 3.63) is 143 Å². The minimum Gasteiger partial charge on any atom is -0.389 e. The van der Waals surface area contributed by atoms with E-state index in [-0.39, 0.29) is 36.7 Å². The minimum atomic E-state index is -1.27. The van der Waals surface area contributed by atoms with Gasteiger partial charge in [0.15, 0.2) is 0 Å². The van der Waals surface area contributed by atoms with Crippen molar-refractivity contribution in [3.8, 4) is 0 Å². The maximum absolute atomic E-state index is 14.3. The number of hydrogen-bond donors (Lipinski definition) is 5. The van der Waals surface area contributed by atoms with Gasteiger partial charge in [-0.2, -0.15) is 0 Å². The van der Waals surface area contributed by atoms with Crippen molar-refractivity contribution in [1.29, 1.82) is 0 Å². The Morgan fingerprint density at radius 2 is 0.862 bits per heavy atom. The van der Waals surface area contributed by atoms with Crippen LogP contribution in [0.15, 0.2) is 109 Å². The predicted octanol–water partition coefficient (Wildman–Crippen LogP) is 5.39. The van der Waals surface area contributed by atoms with E-state index in [1.807, 2.05) is 125 Å². The quantitative estimate of drug-likeness (QED) is 0.117. The first-order chi connectivity index (χ1) is 28.0. The number of hydrogen-bond acceptors (Lipinski definition) is 5. The zero-order valence-electron chi connectivity index (χ0n) is 34.1. The summed E-state index contributed by atoms with van der Waals surface area (Å²) in [5.74, 6) is -1.39. The van der Waals surface area contributed by atoms with Gasteiger partial charge in [0.05, 0.1) is 18.2 Å². The monoisotopic (exact) mass is 786 g/mol. The van der Waals surface area contributed by atoms with E-state index in [1.54, 1.807) is 9.80 Å². The van der Waals surface area contributed by atoms with Crippen LogP contribution in [-0.2, 0) is 48.4 Å². The number of urea groups is 2. The van der Waals surface area contributed by atoms with E-state index in [4.69, 9.17) is 0 Å². The Hall–Kier alpha value is -5.68. The molecule has 0 bridgehead atoms. The molecule has 2 aliphatic heterocycles. The van der Waals surface area contributed by atoms with Crippen LogP contribution in [0, 0.1) is 11.8 Å². The summed E-state index contributed by atoms with van der Waals surface area (Å²) in [5, 5.41) is 24.5. The number of aliphatic hydroxyl groups excluding tert-OH is 1. The number of carbonyl (C=O) groups is 4. The fourth-order valence-corrected chi connectivity index (χ4v) is 7.93. The predicted molar refractivity (Wildman–Crippen MR) is 226 cm³/mol.